The summed E-state index contributed by atoms with van der Waals surface area (Å²) >= 11 is 1.03. The van der Waals surface area contributed by atoms with E-state index < -0.39 is 17.9 Å². The minimum absolute atomic E-state index is 0.0629. The molecule has 0 bridgehead atoms. The van der Waals surface area contributed by atoms with Crippen LogP contribution in [0, 0.1) is 6.92 Å². The lowest BCUT2D eigenvalue weighted by Crippen LogP contribution is -2.29. The second-order valence-electron chi connectivity index (χ2n) is 8.22. The van der Waals surface area contributed by atoms with Gasteiger partial charge in [-0.25, -0.2) is 9.78 Å². The molecule has 0 N–H and O–H groups in total. The lowest BCUT2D eigenvalue weighted by Gasteiger charge is -2.23. The summed E-state index contributed by atoms with van der Waals surface area (Å²) < 4.78 is 22.3. The van der Waals surface area contributed by atoms with E-state index in [0.29, 0.717) is 40.3 Å². The molecule has 0 radical (unpaired) electrons. The molecule has 1 atom stereocenters. The van der Waals surface area contributed by atoms with Gasteiger partial charge in [-0.3, -0.25) is 14.5 Å². The Kier molecular flexibility index (Phi) is 6.43. The number of carbonyl (C=O) groups excluding carboxylic acids is 2. The van der Waals surface area contributed by atoms with E-state index >= 15 is 0 Å². The molecule has 2 aromatic carbocycles. The van der Waals surface area contributed by atoms with E-state index in [1.807, 2.05) is 6.92 Å². The highest BCUT2D eigenvalue weighted by molar-refractivity contribution is 7.17. The maximum atomic E-state index is 13.8. The van der Waals surface area contributed by atoms with Gasteiger partial charge in [-0.15, -0.1) is 0 Å². The molecule has 5 rings (SSSR count). The minimum Gasteiger partial charge on any atom is -0.493 e. The fraction of sp³-hybridized carbons (Fsp3) is 0.259. The van der Waals surface area contributed by atoms with Gasteiger partial charge >= 0.3 is 5.97 Å². The topological polar surface area (TPSA) is 108 Å². The van der Waals surface area contributed by atoms with E-state index in [1.54, 1.807) is 56.3 Å². The van der Waals surface area contributed by atoms with Gasteiger partial charge < -0.3 is 18.6 Å². The van der Waals surface area contributed by atoms with Crippen molar-refractivity contribution < 1.29 is 28.2 Å². The molecule has 1 aliphatic rings. The van der Waals surface area contributed by atoms with Crippen LogP contribution in [-0.2, 0) is 4.74 Å². The molecule has 1 unspecified atom stereocenters. The normalized spacial score (nSPS) is 14.6. The second-order valence-corrected chi connectivity index (χ2v) is 9.20. The lowest BCUT2D eigenvalue weighted by molar-refractivity contribution is 0.0531. The van der Waals surface area contributed by atoms with Crippen molar-refractivity contribution in [3.63, 3.8) is 0 Å². The van der Waals surface area contributed by atoms with Crippen LogP contribution in [0.4, 0.5) is 5.13 Å². The molecule has 3 heterocycles. The number of fused-ring (bicyclic) bond motifs is 2. The lowest BCUT2D eigenvalue weighted by atomic mass is 9.98. The van der Waals surface area contributed by atoms with Crippen LogP contribution in [0.5, 0.6) is 11.5 Å². The molecule has 0 aliphatic carbocycles. The van der Waals surface area contributed by atoms with Crippen LogP contribution in [0.1, 0.15) is 56.9 Å². The molecule has 4 aromatic rings. The Morgan fingerprint density at radius 1 is 1.11 bits per heavy atom. The van der Waals surface area contributed by atoms with Crippen molar-refractivity contribution in [3.8, 4) is 11.5 Å². The summed E-state index contributed by atoms with van der Waals surface area (Å²) in [5.41, 5.74) is 1.21. The van der Waals surface area contributed by atoms with Gasteiger partial charge in [0.1, 0.15) is 10.5 Å². The van der Waals surface area contributed by atoms with Crippen molar-refractivity contribution in [1.82, 2.24) is 4.98 Å². The smallest absolute Gasteiger partial charge is 0.350 e. The number of esters is 1. The molecule has 37 heavy (non-hydrogen) atoms. The minimum atomic E-state index is -0.867. The van der Waals surface area contributed by atoms with E-state index in [9.17, 15) is 14.4 Å². The number of nitrogens with zero attached hydrogens (tertiary/aromatic N) is 2. The van der Waals surface area contributed by atoms with Crippen LogP contribution in [0.25, 0.3) is 11.0 Å². The number of rotatable bonds is 7. The zero-order chi connectivity index (χ0) is 26.3. The van der Waals surface area contributed by atoms with Crippen molar-refractivity contribution >= 4 is 39.3 Å². The van der Waals surface area contributed by atoms with Crippen LogP contribution in [0.3, 0.4) is 0 Å². The number of amides is 1. The molecule has 10 heteroatoms. The van der Waals surface area contributed by atoms with Crippen LogP contribution >= 0.6 is 11.3 Å². The summed E-state index contributed by atoms with van der Waals surface area (Å²) in [5.74, 6) is -0.128. The summed E-state index contributed by atoms with van der Waals surface area (Å²) in [4.78, 5) is 46.2. The first-order valence-electron chi connectivity index (χ1n) is 11.7. The standard InChI is InChI=1S/C27H24N2O7S/c1-5-34-18-12-11-15(13-19(18)33-4)21-20-22(30)16-9-7-8-10-17(16)36-23(20)25(31)29(21)27-28-14(3)24(37-27)26(32)35-6-2/h7-13,21H,5-6H2,1-4H3. The number of ether oxygens (including phenoxy) is 3. The Bertz CT molecular complexity index is 1590. The third-order valence-corrected chi connectivity index (χ3v) is 7.17. The number of anilines is 1. The van der Waals surface area contributed by atoms with Gasteiger partial charge in [0.25, 0.3) is 5.91 Å². The molecule has 0 spiro atoms. The Hall–Kier alpha value is -4.18. The molecule has 1 amide bonds. The van der Waals surface area contributed by atoms with Crippen molar-refractivity contribution in [2.75, 3.05) is 25.2 Å². The van der Waals surface area contributed by atoms with Crippen LogP contribution in [0.15, 0.2) is 51.7 Å². The van der Waals surface area contributed by atoms with Gasteiger partial charge in [0, 0.05) is 0 Å². The number of hydrogen-bond donors (Lipinski definition) is 0. The number of aryl methyl sites for hydroxylation is 1. The fourth-order valence-electron chi connectivity index (χ4n) is 4.43. The highest BCUT2D eigenvalue weighted by Gasteiger charge is 2.45. The van der Waals surface area contributed by atoms with Gasteiger partial charge in [0.05, 0.1) is 43.0 Å². The quantitative estimate of drug-likeness (QED) is 0.317. The third kappa shape index (κ3) is 4.03. The number of aromatic nitrogens is 1. The molecule has 2 aromatic heterocycles. The Morgan fingerprint density at radius 2 is 1.89 bits per heavy atom. The molecule has 9 nitrogen and oxygen atoms in total. The Morgan fingerprint density at radius 3 is 2.62 bits per heavy atom. The first kappa shape index (κ1) is 24.5. The maximum absolute atomic E-state index is 13.8. The molecular weight excluding hydrogens is 496 g/mol. The number of para-hydroxylation sites is 1. The first-order valence-corrected chi connectivity index (χ1v) is 12.6. The predicted molar refractivity (Wildman–Crippen MR) is 138 cm³/mol. The Labute approximate surface area is 216 Å². The first-order chi connectivity index (χ1) is 17.9. The van der Waals surface area contributed by atoms with E-state index in [-0.39, 0.29) is 33.4 Å². The molecule has 190 valence electrons. The molecule has 0 saturated carbocycles. The highest BCUT2D eigenvalue weighted by Crippen LogP contribution is 2.44. The van der Waals surface area contributed by atoms with E-state index in [4.69, 9.17) is 18.6 Å². The summed E-state index contributed by atoms with van der Waals surface area (Å²) in [7, 11) is 1.52. The van der Waals surface area contributed by atoms with Gasteiger partial charge in [0.2, 0.25) is 5.76 Å². The number of methoxy groups -OCH3 is 1. The van der Waals surface area contributed by atoms with Crippen molar-refractivity contribution in [2.24, 2.45) is 0 Å². The average Bonchev–Trinajstić information content (AvgIpc) is 3.42. The van der Waals surface area contributed by atoms with Gasteiger partial charge in [0.15, 0.2) is 22.1 Å². The number of thiazole rings is 1. The van der Waals surface area contributed by atoms with Crippen LogP contribution < -0.4 is 19.8 Å². The van der Waals surface area contributed by atoms with Crippen molar-refractivity contribution in [2.45, 2.75) is 26.8 Å². The second kappa shape index (κ2) is 9.70. The fourth-order valence-corrected chi connectivity index (χ4v) is 5.42. The summed E-state index contributed by atoms with van der Waals surface area (Å²) in [6.45, 7) is 5.90. The van der Waals surface area contributed by atoms with Crippen molar-refractivity contribution in [1.29, 1.82) is 0 Å². The van der Waals surface area contributed by atoms with Crippen LogP contribution in [0.2, 0.25) is 0 Å². The molecule has 1 aliphatic heterocycles. The average molecular weight is 521 g/mol. The molecule has 0 saturated heterocycles. The van der Waals surface area contributed by atoms with Crippen LogP contribution in [-0.4, -0.2) is 37.2 Å². The van der Waals surface area contributed by atoms with E-state index in [2.05, 4.69) is 4.98 Å². The third-order valence-electron chi connectivity index (χ3n) is 6.03. The largest absolute Gasteiger partial charge is 0.493 e. The van der Waals surface area contributed by atoms with E-state index in [1.165, 1.54) is 12.0 Å². The van der Waals surface area contributed by atoms with Gasteiger partial charge in [-0.2, -0.15) is 0 Å². The van der Waals surface area contributed by atoms with Crippen molar-refractivity contribution in [3.05, 3.63) is 80.1 Å². The highest BCUT2D eigenvalue weighted by atomic mass is 32.1. The predicted octanol–water partition coefficient (Wildman–Crippen LogP) is 4.89. The Balaban J connectivity index is 1.74. The maximum Gasteiger partial charge on any atom is 0.350 e. The number of hydrogen-bond acceptors (Lipinski definition) is 9. The monoisotopic (exact) mass is 520 g/mol. The molecular formula is C27H24N2O7S. The number of benzene rings is 2. The van der Waals surface area contributed by atoms with Gasteiger partial charge in [-0.1, -0.05) is 29.5 Å². The zero-order valence-electron chi connectivity index (χ0n) is 20.7. The number of carbonyl (C=O) groups is 2. The van der Waals surface area contributed by atoms with Gasteiger partial charge in [-0.05, 0) is 50.6 Å². The summed E-state index contributed by atoms with van der Waals surface area (Å²) in [6, 6.07) is 11.2. The van der Waals surface area contributed by atoms with E-state index in [0.717, 1.165) is 11.3 Å². The molecule has 0 fully saturated rings. The zero-order valence-corrected chi connectivity index (χ0v) is 21.5. The summed E-state index contributed by atoms with van der Waals surface area (Å²) in [6.07, 6.45) is 0. The SMILES string of the molecule is CCOC(=O)c1sc(N2C(=O)c3oc4ccccc4c(=O)c3C2c2ccc(OCC)c(OC)c2)nc1C. The summed E-state index contributed by atoms with van der Waals surface area (Å²) in [5, 5.41) is 0.611.